The summed E-state index contributed by atoms with van der Waals surface area (Å²) in [6.45, 7) is 4.00. The third-order valence-corrected chi connectivity index (χ3v) is 4.32. The molecule has 0 saturated carbocycles. The van der Waals surface area contributed by atoms with Gasteiger partial charge in [0.25, 0.3) is 0 Å². The van der Waals surface area contributed by atoms with Crippen molar-refractivity contribution in [3.63, 3.8) is 0 Å². The van der Waals surface area contributed by atoms with Gasteiger partial charge in [0.1, 0.15) is 0 Å². The molecule has 0 radical (unpaired) electrons. The van der Waals surface area contributed by atoms with E-state index < -0.39 is 0 Å². The van der Waals surface area contributed by atoms with Crippen molar-refractivity contribution in [1.82, 2.24) is 4.98 Å². The fourth-order valence-corrected chi connectivity index (χ4v) is 2.90. The summed E-state index contributed by atoms with van der Waals surface area (Å²) in [7, 11) is 0. The van der Waals surface area contributed by atoms with Gasteiger partial charge >= 0.3 is 5.97 Å². The third-order valence-electron chi connectivity index (χ3n) is 2.79. The number of esters is 1. The molecule has 0 aliphatic carbocycles. The van der Waals surface area contributed by atoms with Crippen molar-refractivity contribution in [2.75, 3.05) is 12.0 Å². The lowest BCUT2D eigenvalue weighted by atomic mass is 10.1. The van der Waals surface area contributed by atoms with Crippen LogP contribution in [0.3, 0.4) is 0 Å². The largest absolute Gasteiger partial charge is 0.466 e. The molecule has 2 rings (SSSR count). The maximum Gasteiger partial charge on any atom is 0.311 e. The molecule has 23 heavy (non-hydrogen) atoms. The number of nitrogens with zero attached hydrogens (tertiary/aromatic N) is 2. The number of halogens is 2. The molecule has 0 fully saturated rings. The van der Waals surface area contributed by atoms with Crippen LogP contribution in [0.1, 0.15) is 23.7 Å². The molecule has 0 amide bonds. The van der Waals surface area contributed by atoms with E-state index in [1.165, 1.54) is 11.3 Å². The topological polar surface area (TPSA) is 63.6 Å². The molecule has 0 saturated heterocycles. The quantitative estimate of drug-likeness (QED) is 0.466. The van der Waals surface area contributed by atoms with Crippen LogP contribution in [0.25, 0.3) is 0 Å². The van der Waals surface area contributed by atoms with Crippen molar-refractivity contribution >= 4 is 51.9 Å². The second-order valence-electron chi connectivity index (χ2n) is 4.62. The molecule has 0 spiro atoms. The van der Waals surface area contributed by atoms with Crippen LogP contribution in [0.5, 0.6) is 0 Å². The standard InChI is InChI=1S/C15H15Cl2N3O2S/c1-3-22-13(21)6-12-8-23-15(19-12)20-18-7-10-5-11(16)4-9(2)14(10)17/h4-5,7-8H,3,6H2,1-2H3,(H,19,20). The summed E-state index contributed by atoms with van der Waals surface area (Å²) < 4.78 is 4.88. The SMILES string of the molecule is CCOC(=O)Cc1csc(NN=Cc2cc(Cl)cc(C)c2Cl)n1. The highest BCUT2D eigenvalue weighted by Gasteiger charge is 2.08. The molecule has 0 unspecified atom stereocenters. The molecule has 0 aliphatic rings. The molecule has 1 heterocycles. The highest BCUT2D eigenvalue weighted by molar-refractivity contribution is 7.13. The van der Waals surface area contributed by atoms with E-state index in [9.17, 15) is 4.79 Å². The number of carbonyl (C=O) groups is 1. The van der Waals surface area contributed by atoms with Gasteiger partial charge in [-0.1, -0.05) is 23.2 Å². The monoisotopic (exact) mass is 371 g/mol. The lowest BCUT2D eigenvalue weighted by molar-refractivity contribution is -0.142. The number of carbonyl (C=O) groups excluding carboxylic acids is 1. The second kappa shape index (κ2) is 8.29. The molecular formula is C15H15Cl2N3O2S. The summed E-state index contributed by atoms with van der Waals surface area (Å²) in [5, 5.41) is 7.66. The maximum atomic E-state index is 11.4. The number of rotatable bonds is 6. The predicted molar refractivity (Wildman–Crippen MR) is 94.9 cm³/mol. The number of hydrogen-bond acceptors (Lipinski definition) is 6. The number of anilines is 1. The van der Waals surface area contributed by atoms with Gasteiger partial charge in [0, 0.05) is 16.0 Å². The minimum atomic E-state index is -0.297. The van der Waals surface area contributed by atoms with Gasteiger partial charge < -0.3 is 4.74 Å². The first-order valence-electron chi connectivity index (χ1n) is 6.84. The zero-order valence-electron chi connectivity index (χ0n) is 12.6. The highest BCUT2D eigenvalue weighted by atomic mass is 35.5. The molecule has 0 bridgehead atoms. The summed E-state index contributed by atoms with van der Waals surface area (Å²) in [5.41, 5.74) is 5.05. The zero-order valence-corrected chi connectivity index (χ0v) is 14.9. The first-order chi connectivity index (χ1) is 11.0. The Bertz CT molecular complexity index is 732. The van der Waals surface area contributed by atoms with Crippen LogP contribution in [0.4, 0.5) is 5.13 Å². The van der Waals surface area contributed by atoms with Crippen LogP contribution < -0.4 is 5.43 Å². The maximum absolute atomic E-state index is 11.4. The van der Waals surface area contributed by atoms with Crippen LogP contribution in [-0.2, 0) is 16.0 Å². The smallest absolute Gasteiger partial charge is 0.311 e. The van der Waals surface area contributed by atoms with Crippen LogP contribution in [0, 0.1) is 6.92 Å². The molecule has 1 N–H and O–H groups in total. The molecule has 5 nitrogen and oxygen atoms in total. The third kappa shape index (κ3) is 5.20. The van der Waals surface area contributed by atoms with E-state index >= 15 is 0 Å². The van der Waals surface area contributed by atoms with E-state index in [4.69, 9.17) is 27.9 Å². The van der Waals surface area contributed by atoms with Crippen molar-refractivity contribution in [1.29, 1.82) is 0 Å². The lowest BCUT2D eigenvalue weighted by Gasteiger charge is -2.03. The number of ether oxygens (including phenoxy) is 1. The average molecular weight is 372 g/mol. The van der Waals surface area contributed by atoms with Gasteiger partial charge in [-0.25, -0.2) is 4.98 Å². The molecule has 122 valence electrons. The number of aromatic nitrogens is 1. The van der Waals surface area contributed by atoms with Gasteiger partial charge in [-0.05, 0) is 31.5 Å². The summed E-state index contributed by atoms with van der Waals surface area (Å²) in [6, 6.07) is 3.52. The fourth-order valence-electron chi connectivity index (χ4n) is 1.80. The summed E-state index contributed by atoms with van der Waals surface area (Å²) >= 11 is 13.5. The van der Waals surface area contributed by atoms with Crippen LogP contribution in [0.2, 0.25) is 10.0 Å². The number of nitrogens with one attached hydrogen (secondary N) is 1. The van der Waals surface area contributed by atoms with Crippen molar-refractivity contribution in [3.8, 4) is 0 Å². The Balaban J connectivity index is 1.99. The molecule has 1 aromatic carbocycles. The van der Waals surface area contributed by atoms with E-state index in [1.54, 1.807) is 30.7 Å². The second-order valence-corrected chi connectivity index (χ2v) is 6.29. The van der Waals surface area contributed by atoms with Crippen molar-refractivity contribution in [2.24, 2.45) is 5.10 Å². The average Bonchev–Trinajstić information content (AvgIpc) is 2.91. The number of hydrazone groups is 1. The Morgan fingerprint density at radius 3 is 3.00 bits per heavy atom. The Kier molecular flexibility index (Phi) is 6.38. The van der Waals surface area contributed by atoms with Gasteiger partial charge in [-0.15, -0.1) is 11.3 Å². The zero-order chi connectivity index (χ0) is 16.8. The Labute approximate surface area is 148 Å². The molecule has 2 aromatic rings. The number of hydrogen-bond donors (Lipinski definition) is 1. The van der Waals surface area contributed by atoms with Gasteiger partial charge in [0.15, 0.2) is 0 Å². The molecule has 1 aromatic heterocycles. The van der Waals surface area contributed by atoms with Crippen LogP contribution in [-0.4, -0.2) is 23.8 Å². The fraction of sp³-hybridized carbons (Fsp3) is 0.267. The summed E-state index contributed by atoms with van der Waals surface area (Å²) in [4.78, 5) is 15.6. The Morgan fingerprint density at radius 2 is 2.26 bits per heavy atom. The van der Waals surface area contributed by atoms with E-state index in [2.05, 4.69) is 15.5 Å². The summed E-state index contributed by atoms with van der Waals surface area (Å²) in [6.07, 6.45) is 1.72. The number of thiazole rings is 1. The van der Waals surface area contributed by atoms with E-state index in [1.807, 2.05) is 6.92 Å². The normalized spacial score (nSPS) is 11.0. The minimum Gasteiger partial charge on any atom is -0.466 e. The molecular weight excluding hydrogens is 357 g/mol. The van der Waals surface area contributed by atoms with E-state index in [0.717, 1.165) is 5.56 Å². The van der Waals surface area contributed by atoms with E-state index in [-0.39, 0.29) is 12.4 Å². The van der Waals surface area contributed by atoms with Gasteiger partial charge in [-0.3, -0.25) is 10.2 Å². The van der Waals surface area contributed by atoms with Gasteiger partial charge in [0.2, 0.25) is 5.13 Å². The Hall–Kier alpha value is -1.63. The minimum absolute atomic E-state index is 0.148. The molecule has 8 heteroatoms. The first kappa shape index (κ1) is 17.7. The first-order valence-corrected chi connectivity index (χ1v) is 8.48. The molecule has 0 atom stereocenters. The lowest BCUT2D eigenvalue weighted by Crippen LogP contribution is -2.07. The molecule has 0 aliphatic heterocycles. The predicted octanol–water partition coefficient (Wildman–Crippen LogP) is 4.31. The van der Waals surface area contributed by atoms with E-state index in [0.29, 0.717) is 33.0 Å². The van der Waals surface area contributed by atoms with Crippen LogP contribution in [0.15, 0.2) is 22.6 Å². The van der Waals surface area contributed by atoms with Gasteiger partial charge in [0.05, 0.1) is 30.0 Å². The van der Waals surface area contributed by atoms with Gasteiger partial charge in [-0.2, -0.15) is 5.10 Å². The number of aryl methyl sites for hydroxylation is 1. The van der Waals surface area contributed by atoms with Crippen molar-refractivity contribution < 1.29 is 9.53 Å². The summed E-state index contributed by atoms with van der Waals surface area (Å²) in [5.74, 6) is -0.297. The highest BCUT2D eigenvalue weighted by Crippen LogP contribution is 2.24. The Morgan fingerprint density at radius 1 is 1.48 bits per heavy atom. The van der Waals surface area contributed by atoms with Crippen molar-refractivity contribution in [2.45, 2.75) is 20.3 Å². The van der Waals surface area contributed by atoms with Crippen molar-refractivity contribution in [3.05, 3.63) is 44.4 Å². The number of benzene rings is 1. The van der Waals surface area contributed by atoms with Crippen LogP contribution >= 0.6 is 34.5 Å².